The van der Waals surface area contributed by atoms with E-state index in [2.05, 4.69) is 39.2 Å². The van der Waals surface area contributed by atoms with Crippen molar-refractivity contribution in [2.75, 3.05) is 0 Å². The van der Waals surface area contributed by atoms with Gasteiger partial charge in [-0.2, -0.15) is 4.98 Å². The molecule has 0 aliphatic carbocycles. The minimum atomic E-state index is 0.0857. The number of rotatable bonds is 5. The lowest BCUT2D eigenvalue weighted by Gasteiger charge is -2.39. The summed E-state index contributed by atoms with van der Waals surface area (Å²) in [6.07, 6.45) is 6.35. The normalized spacial score (nSPS) is 23.6. The molecule has 3 atom stereocenters. The summed E-state index contributed by atoms with van der Waals surface area (Å²) in [6.45, 7) is 4.63. The maximum absolute atomic E-state index is 11.4. The number of carbonyl (C=O) groups is 1. The van der Waals surface area contributed by atoms with Crippen LogP contribution in [0.2, 0.25) is 0 Å². The summed E-state index contributed by atoms with van der Waals surface area (Å²) >= 11 is 1.53. The number of thiazole rings is 1. The quantitative estimate of drug-likeness (QED) is 0.659. The molecule has 30 heavy (non-hydrogen) atoms. The molecular formula is C23H26N4O2S. The predicted molar refractivity (Wildman–Crippen MR) is 118 cm³/mol. The van der Waals surface area contributed by atoms with E-state index in [1.807, 2.05) is 18.2 Å². The Labute approximate surface area is 180 Å². The Morgan fingerprint density at radius 3 is 2.60 bits per heavy atom. The number of nitrogens with one attached hydrogen (secondary N) is 1. The average Bonchev–Trinajstić information content (AvgIpc) is 3.21. The van der Waals surface area contributed by atoms with E-state index in [9.17, 15) is 4.79 Å². The van der Waals surface area contributed by atoms with Crippen molar-refractivity contribution in [2.45, 2.75) is 64.2 Å². The van der Waals surface area contributed by atoms with E-state index in [1.54, 1.807) is 13.1 Å². The molecular weight excluding hydrogens is 396 g/mol. The van der Waals surface area contributed by atoms with Gasteiger partial charge in [0.25, 0.3) is 5.19 Å². The van der Waals surface area contributed by atoms with Crippen LogP contribution in [0.25, 0.3) is 10.3 Å². The number of ether oxygens (including phenoxy) is 1. The molecule has 3 aromatic rings. The highest BCUT2D eigenvalue weighted by molar-refractivity contribution is 7.20. The van der Waals surface area contributed by atoms with Gasteiger partial charge in [0.05, 0.1) is 4.70 Å². The largest absolute Gasteiger partial charge is 0.431 e. The van der Waals surface area contributed by atoms with Gasteiger partial charge in [-0.1, -0.05) is 23.5 Å². The van der Waals surface area contributed by atoms with Crippen LogP contribution in [0.3, 0.4) is 0 Å². The molecule has 0 unspecified atom stereocenters. The fourth-order valence-electron chi connectivity index (χ4n) is 4.89. The Morgan fingerprint density at radius 2 is 1.93 bits per heavy atom. The van der Waals surface area contributed by atoms with Crippen molar-refractivity contribution in [3.8, 4) is 10.9 Å². The number of amides is 1. The summed E-state index contributed by atoms with van der Waals surface area (Å²) in [7, 11) is 0. The second-order valence-corrected chi connectivity index (χ2v) is 9.39. The summed E-state index contributed by atoms with van der Waals surface area (Å²) in [5.74, 6) is 0.880. The Hall–Kier alpha value is -2.51. The summed E-state index contributed by atoms with van der Waals surface area (Å²) in [6, 6.07) is 11.8. The lowest BCUT2D eigenvalue weighted by atomic mass is 9.96. The fourth-order valence-corrected chi connectivity index (χ4v) is 5.75. The maximum atomic E-state index is 11.4. The van der Waals surface area contributed by atoms with Gasteiger partial charge in [-0.3, -0.25) is 9.69 Å². The molecule has 2 aliphatic rings. The van der Waals surface area contributed by atoms with Crippen molar-refractivity contribution in [2.24, 2.45) is 0 Å². The van der Waals surface area contributed by atoms with Crippen LogP contribution < -0.4 is 10.1 Å². The highest BCUT2D eigenvalue weighted by Gasteiger charge is 2.40. The number of nitrogens with zero attached hydrogens (tertiary/aromatic N) is 3. The summed E-state index contributed by atoms with van der Waals surface area (Å²) < 4.78 is 7.05. The first-order valence-corrected chi connectivity index (χ1v) is 11.4. The molecule has 2 aliphatic heterocycles. The number of benzene rings is 1. The number of carbonyl (C=O) groups excluding carboxylic acids is 1. The van der Waals surface area contributed by atoms with Crippen LogP contribution in [0, 0.1) is 6.92 Å². The van der Waals surface area contributed by atoms with Gasteiger partial charge in [-0.05, 0) is 61.9 Å². The number of pyridine rings is 1. The van der Waals surface area contributed by atoms with Gasteiger partial charge in [0, 0.05) is 37.8 Å². The third kappa shape index (κ3) is 3.91. The molecule has 1 amide bonds. The molecule has 1 N–H and O–H groups in total. The monoisotopic (exact) mass is 422 g/mol. The maximum Gasteiger partial charge on any atom is 0.281 e. The SMILES string of the molecule is CC(=O)N[C@H]1C[C@H]2CC[C@@H](C1)N2Cc1ccc(Oc2nc3nccc(C)c3s2)cc1. The number of hydrogen-bond acceptors (Lipinski definition) is 6. The van der Waals surface area contributed by atoms with Crippen molar-refractivity contribution in [3.63, 3.8) is 0 Å². The Kier molecular flexibility index (Phi) is 5.16. The van der Waals surface area contributed by atoms with Gasteiger partial charge in [-0.15, -0.1) is 0 Å². The molecule has 2 bridgehead atoms. The van der Waals surface area contributed by atoms with Crippen LogP contribution in [0.5, 0.6) is 10.9 Å². The van der Waals surface area contributed by atoms with E-state index in [-0.39, 0.29) is 5.91 Å². The molecule has 6 nitrogen and oxygen atoms in total. The molecule has 5 rings (SSSR count). The predicted octanol–water partition coefficient (Wildman–Crippen LogP) is 4.42. The first kappa shape index (κ1) is 19.5. The molecule has 2 fully saturated rings. The van der Waals surface area contributed by atoms with Crippen molar-refractivity contribution < 1.29 is 9.53 Å². The van der Waals surface area contributed by atoms with Crippen molar-refractivity contribution in [1.29, 1.82) is 0 Å². The zero-order valence-electron chi connectivity index (χ0n) is 17.3. The first-order valence-electron chi connectivity index (χ1n) is 10.6. The molecule has 2 aromatic heterocycles. The minimum absolute atomic E-state index is 0.0857. The number of piperidine rings is 1. The van der Waals surface area contributed by atoms with Crippen LogP contribution in [0.4, 0.5) is 0 Å². The zero-order valence-corrected chi connectivity index (χ0v) is 18.1. The molecule has 7 heteroatoms. The van der Waals surface area contributed by atoms with E-state index in [1.165, 1.54) is 35.3 Å². The van der Waals surface area contributed by atoms with Gasteiger partial charge in [0.2, 0.25) is 5.91 Å². The van der Waals surface area contributed by atoms with E-state index < -0.39 is 0 Å². The van der Waals surface area contributed by atoms with Crippen molar-refractivity contribution in [3.05, 3.63) is 47.7 Å². The molecule has 0 radical (unpaired) electrons. The topological polar surface area (TPSA) is 67.4 Å². The van der Waals surface area contributed by atoms with E-state index in [0.717, 1.165) is 35.5 Å². The van der Waals surface area contributed by atoms with Gasteiger partial charge in [0.1, 0.15) is 5.75 Å². The smallest absolute Gasteiger partial charge is 0.281 e. The molecule has 2 saturated heterocycles. The summed E-state index contributed by atoms with van der Waals surface area (Å²) in [4.78, 5) is 22.8. The summed E-state index contributed by atoms with van der Waals surface area (Å²) in [5.41, 5.74) is 3.20. The van der Waals surface area contributed by atoms with Gasteiger partial charge in [-0.25, -0.2) is 4.98 Å². The number of fused-ring (bicyclic) bond motifs is 3. The first-order chi connectivity index (χ1) is 14.5. The second-order valence-electron chi connectivity index (χ2n) is 8.43. The van der Waals surface area contributed by atoms with E-state index in [4.69, 9.17) is 4.74 Å². The summed E-state index contributed by atoms with van der Waals surface area (Å²) in [5, 5.41) is 3.74. The van der Waals surface area contributed by atoms with Crippen LogP contribution in [-0.4, -0.2) is 38.9 Å². The van der Waals surface area contributed by atoms with Crippen LogP contribution in [0.1, 0.15) is 43.7 Å². The molecule has 4 heterocycles. The lowest BCUT2D eigenvalue weighted by Crippen LogP contribution is -2.49. The van der Waals surface area contributed by atoms with Crippen molar-refractivity contribution in [1.82, 2.24) is 20.2 Å². The second kappa shape index (κ2) is 7.96. The lowest BCUT2D eigenvalue weighted by molar-refractivity contribution is -0.120. The Bertz CT molecular complexity index is 1050. The molecule has 0 saturated carbocycles. The van der Waals surface area contributed by atoms with Crippen LogP contribution >= 0.6 is 11.3 Å². The number of hydrogen-bond donors (Lipinski definition) is 1. The number of aromatic nitrogens is 2. The van der Waals surface area contributed by atoms with Crippen LogP contribution in [0.15, 0.2) is 36.5 Å². The third-order valence-corrected chi connectivity index (χ3v) is 7.31. The standard InChI is InChI=1S/C23H26N4O2S/c1-14-9-10-24-22-21(14)30-23(26-22)29-20-7-3-16(4-8-20)13-27-18-5-6-19(27)12-17(11-18)25-15(2)28/h3-4,7-10,17-19H,5-6,11-13H2,1-2H3,(H,25,28)/t17-,18+,19-. The Morgan fingerprint density at radius 1 is 1.20 bits per heavy atom. The third-order valence-electron chi connectivity index (χ3n) is 6.25. The zero-order chi connectivity index (χ0) is 20.7. The fraction of sp³-hybridized carbons (Fsp3) is 0.435. The number of aryl methyl sites for hydroxylation is 1. The van der Waals surface area contributed by atoms with Crippen molar-refractivity contribution >= 4 is 27.6 Å². The van der Waals surface area contributed by atoms with Gasteiger partial charge >= 0.3 is 0 Å². The highest BCUT2D eigenvalue weighted by atomic mass is 32.1. The average molecular weight is 423 g/mol. The van der Waals surface area contributed by atoms with E-state index >= 15 is 0 Å². The van der Waals surface area contributed by atoms with Gasteiger partial charge in [0.15, 0.2) is 5.65 Å². The van der Waals surface area contributed by atoms with E-state index in [0.29, 0.717) is 23.3 Å². The van der Waals surface area contributed by atoms with Crippen LogP contribution in [-0.2, 0) is 11.3 Å². The molecule has 1 aromatic carbocycles. The molecule has 0 spiro atoms. The minimum Gasteiger partial charge on any atom is -0.431 e. The highest BCUT2D eigenvalue weighted by Crippen LogP contribution is 2.37. The van der Waals surface area contributed by atoms with Gasteiger partial charge < -0.3 is 10.1 Å². The Balaban J connectivity index is 1.23. The molecule has 156 valence electrons.